The maximum atomic E-state index is 11.3. The molecule has 1 aromatic heterocycles. The van der Waals surface area contributed by atoms with Gasteiger partial charge < -0.3 is 29.6 Å². The Hall–Kier alpha value is -2.74. The fraction of sp³-hybridized carbons (Fsp3) is 0.348. The summed E-state index contributed by atoms with van der Waals surface area (Å²) < 4.78 is 16.9. The molecule has 0 aliphatic heterocycles. The van der Waals surface area contributed by atoms with E-state index in [0.717, 1.165) is 28.0 Å². The molecule has 31 heavy (non-hydrogen) atoms. The van der Waals surface area contributed by atoms with Gasteiger partial charge in [-0.3, -0.25) is 4.79 Å². The monoisotopic (exact) mass is 448 g/mol. The van der Waals surface area contributed by atoms with Crippen LogP contribution in [0.3, 0.4) is 0 Å². The molecule has 3 aromatic rings. The van der Waals surface area contributed by atoms with E-state index in [4.69, 9.17) is 14.2 Å². The summed E-state index contributed by atoms with van der Waals surface area (Å²) >= 11 is 0. The molecule has 0 spiro atoms. The summed E-state index contributed by atoms with van der Waals surface area (Å²) in [5.74, 6) is 2.10. The van der Waals surface area contributed by atoms with Crippen molar-refractivity contribution in [2.75, 3.05) is 26.4 Å². The van der Waals surface area contributed by atoms with Crippen molar-refractivity contribution in [1.29, 1.82) is 0 Å². The molecular weight excluding hydrogens is 420 g/mol. The van der Waals surface area contributed by atoms with E-state index in [0.29, 0.717) is 32.1 Å². The molecule has 8 heteroatoms. The van der Waals surface area contributed by atoms with E-state index in [1.807, 2.05) is 38.1 Å². The van der Waals surface area contributed by atoms with Crippen molar-refractivity contribution in [3.05, 3.63) is 64.4 Å². The Kier molecular flexibility index (Phi) is 9.65. The molecule has 0 amide bonds. The van der Waals surface area contributed by atoms with Crippen LogP contribution in [0.15, 0.2) is 53.3 Å². The molecule has 0 aliphatic carbocycles. The fourth-order valence-corrected chi connectivity index (χ4v) is 3.06. The van der Waals surface area contributed by atoms with Crippen molar-refractivity contribution in [3.63, 3.8) is 0 Å². The lowest BCUT2D eigenvalue weighted by atomic mass is 10.2. The van der Waals surface area contributed by atoms with E-state index in [2.05, 4.69) is 10.3 Å². The molecule has 0 aliphatic rings. The summed E-state index contributed by atoms with van der Waals surface area (Å²) in [6.07, 6.45) is -0.662. The van der Waals surface area contributed by atoms with E-state index < -0.39 is 6.10 Å². The summed E-state index contributed by atoms with van der Waals surface area (Å²) in [4.78, 5) is 14.1. The van der Waals surface area contributed by atoms with Gasteiger partial charge in [0.25, 0.3) is 0 Å². The largest absolute Gasteiger partial charge is 0.491 e. The van der Waals surface area contributed by atoms with Crippen molar-refractivity contribution in [1.82, 2.24) is 10.3 Å². The molecule has 3 rings (SSSR count). The quantitative estimate of drug-likeness (QED) is 0.417. The highest BCUT2D eigenvalue weighted by Crippen LogP contribution is 2.28. The molecule has 7 nitrogen and oxygen atoms in total. The second-order valence-corrected chi connectivity index (χ2v) is 6.81. The minimum Gasteiger partial charge on any atom is -0.491 e. The van der Waals surface area contributed by atoms with Crippen LogP contribution in [0.5, 0.6) is 17.2 Å². The first kappa shape index (κ1) is 24.5. The number of aromatic nitrogens is 1. The number of aliphatic hydroxyl groups is 1. The third-order valence-electron chi connectivity index (χ3n) is 4.45. The van der Waals surface area contributed by atoms with E-state index in [1.165, 1.54) is 6.07 Å². The van der Waals surface area contributed by atoms with Gasteiger partial charge in [-0.2, -0.15) is 0 Å². The SMILES string of the molecule is CCOc1ccc(CNCC(O)COc2ccc3[nH]c(=O)ccc3c2)cc1OCC.Cl. The number of benzene rings is 2. The lowest BCUT2D eigenvalue weighted by molar-refractivity contribution is 0.106. The summed E-state index contributed by atoms with van der Waals surface area (Å²) in [5.41, 5.74) is 1.65. The first-order valence-electron chi connectivity index (χ1n) is 10.1. The molecule has 0 bridgehead atoms. The van der Waals surface area contributed by atoms with Gasteiger partial charge in [0.15, 0.2) is 11.5 Å². The van der Waals surface area contributed by atoms with Gasteiger partial charge in [0.1, 0.15) is 18.5 Å². The number of ether oxygens (including phenoxy) is 3. The Bertz CT molecular complexity index is 1020. The van der Waals surface area contributed by atoms with Crippen LogP contribution >= 0.6 is 12.4 Å². The Balaban J connectivity index is 0.00000341. The molecule has 0 saturated heterocycles. The first-order valence-corrected chi connectivity index (χ1v) is 10.1. The normalized spacial score (nSPS) is 11.6. The molecule has 168 valence electrons. The molecule has 1 atom stereocenters. The average Bonchev–Trinajstić information content (AvgIpc) is 2.74. The minimum absolute atomic E-state index is 0. The molecule has 2 aromatic carbocycles. The van der Waals surface area contributed by atoms with Gasteiger partial charge in [0.05, 0.1) is 13.2 Å². The van der Waals surface area contributed by atoms with Gasteiger partial charge in [0.2, 0.25) is 5.56 Å². The van der Waals surface area contributed by atoms with Crippen LogP contribution in [0.2, 0.25) is 0 Å². The van der Waals surface area contributed by atoms with Crippen LogP contribution in [-0.2, 0) is 6.54 Å². The number of pyridine rings is 1. The maximum absolute atomic E-state index is 11.3. The van der Waals surface area contributed by atoms with Crippen molar-refractivity contribution in [2.45, 2.75) is 26.5 Å². The second kappa shape index (κ2) is 12.2. The number of aliphatic hydroxyl groups excluding tert-OH is 1. The van der Waals surface area contributed by atoms with Crippen molar-refractivity contribution >= 4 is 23.3 Å². The lowest BCUT2D eigenvalue weighted by Gasteiger charge is -2.15. The first-order chi connectivity index (χ1) is 14.6. The molecule has 0 fully saturated rings. The summed E-state index contributed by atoms with van der Waals surface area (Å²) in [6.45, 7) is 6.16. The van der Waals surface area contributed by atoms with E-state index in [9.17, 15) is 9.90 Å². The summed E-state index contributed by atoms with van der Waals surface area (Å²) in [7, 11) is 0. The third-order valence-corrected chi connectivity index (χ3v) is 4.45. The summed E-state index contributed by atoms with van der Waals surface area (Å²) in [6, 6.07) is 14.4. The molecular formula is C23H29ClN2O5. The highest BCUT2D eigenvalue weighted by molar-refractivity contribution is 5.85. The third kappa shape index (κ3) is 7.17. The van der Waals surface area contributed by atoms with E-state index in [-0.39, 0.29) is 24.6 Å². The average molecular weight is 449 g/mol. The number of halogens is 1. The van der Waals surface area contributed by atoms with Gasteiger partial charge in [-0.05, 0) is 55.8 Å². The van der Waals surface area contributed by atoms with Crippen molar-refractivity contribution < 1.29 is 19.3 Å². The van der Waals surface area contributed by atoms with Crippen LogP contribution in [0, 0.1) is 0 Å². The standard InChI is InChI=1S/C23H28N2O5.ClH/c1-3-28-21-9-5-16(11-22(21)29-4-2)13-24-14-18(26)15-30-19-7-8-20-17(12-19)6-10-23(27)25-20;/h5-12,18,24,26H,3-4,13-15H2,1-2H3,(H,25,27);1H. The topological polar surface area (TPSA) is 92.8 Å². The zero-order valence-corrected chi connectivity index (χ0v) is 18.5. The van der Waals surface area contributed by atoms with Gasteiger partial charge in [-0.1, -0.05) is 6.07 Å². The van der Waals surface area contributed by atoms with Crippen LogP contribution < -0.4 is 25.1 Å². The van der Waals surface area contributed by atoms with Gasteiger partial charge in [-0.25, -0.2) is 0 Å². The van der Waals surface area contributed by atoms with Crippen LogP contribution in [-0.4, -0.2) is 42.6 Å². The maximum Gasteiger partial charge on any atom is 0.248 e. The predicted octanol–water partition coefficient (Wildman–Crippen LogP) is 3.28. The Morgan fingerprint density at radius 3 is 2.52 bits per heavy atom. The van der Waals surface area contributed by atoms with Crippen molar-refractivity contribution in [2.24, 2.45) is 0 Å². The van der Waals surface area contributed by atoms with Crippen LogP contribution in [0.25, 0.3) is 10.9 Å². The number of nitrogens with one attached hydrogen (secondary N) is 2. The fourth-order valence-electron chi connectivity index (χ4n) is 3.06. The number of rotatable bonds is 11. The molecule has 0 radical (unpaired) electrons. The van der Waals surface area contributed by atoms with Gasteiger partial charge in [-0.15, -0.1) is 12.4 Å². The van der Waals surface area contributed by atoms with Crippen LogP contribution in [0.4, 0.5) is 0 Å². The highest BCUT2D eigenvalue weighted by atomic mass is 35.5. The van der Waals surface area contributed by atoms with Crippen LogP contribution in [0.1, 0.15) is 19.4 Å². The Labute approximate surface area is 187 Å². The van der Waals surface area contributed by atoms with E-state index >= 15 is 0 Å². The number of aromatic amines is 1. The smallest absolute Gasteiger partial charge is 0.248 e. The van der Waals surface area contributed by atoms with E-state index in [1.54, 1.807) is 18.2 Å². The number of fused-ring (bicyclic) bond motifs is 1. The highest BCUT2D eigenvalue weighted by Gasteiger charge is 2.08. The molecule has 3 N–H and O–H groups in total. The number of H-pyrrole nitrogens is 1. The van der Waals surface area contributed by atoms with Gasteiger partial charge >= 0.3 is 0 Å². The van der Waals surface area contributed by atoms with Crippen molar-refractivity contribution in [3.8, 4) is 17.2 Å². The summed E-state index contributed by atoms with van der Waals surface area (Å²) in [5, 5.41) is 14.3. The Morgan fingerprint density at radius 1 is 0.968 bits per heavy atom. The second-order valence-electron chi connectivity index (χ2n) is 6.81. The van der Waals surface area contributed by atoms with Gasteiger partial charge in [0, 0.05) is 30.1 Å². The minimum atomic E-state index is -0.662. The zero-order chi connectivity index (χ0) is 21.3. The molecule has 0 saturated carbocycles. The molecule has 1 unspecified atom stereocenters. The lowest BCUT2D eigenvalue weighted by Crippen LogP contribution is -2.31. The molecule has 1 heterocycles. The number of hydrogen-bond donors (Lipinski definition) is 3. The number of hydrogen-bond acceptors (Lipinski definition) is 6. The predicted molar refractivity (Wildman–Crippen MR) is 124 cm³/mol. The zero-order valence-electron chi connectivity index (χ0n) is 17.7. The Morgan fingerprint density at radius 2 is 1.74 bits per heavy atom.